The molecule has 6 nitrogen and oxygen atoms in total. The van der Waals surface area contributed by atoms with Crippen molar-refractivity contribution in [3.8, 4) is 0 Å². The number of hydrogen-bond acceptors (Lipinski definition) is 5. The van der Waals surface area contributed by atoms with Gasteiger partial charge in [0, 0.05) is 17.8 Å². The Labute approximate surface area is 154 Å². The van der Waals surface area contributed by atoms with E-state index in [-0.39, 0.29) is 11.9 Å². The van der Waals surface area contributed by atoms with Crippen LogP contribution in [-0.4, -0.2) is 23.4 Å². The van der Waals surface area contributed by atoms with Crippen LogP contribution in [0.25, 0.3) is 0 Å². The van der Waals surface area contributed by atoms with E-state index in [4.69, 9.17) is 11.5 Å². The third-order valence-electron chi connectivity index (χ3n) is 4.98. The number of nitrogens with zero attached hydrogens (tertiary/aromatic N) is 2. The fourth-order valence-corrected chi connectivity index (χ4v) is 4.39. The van der Waals surface area contributed by atoms with Crippen LogP contribution in [-0.2, 0) is 11.2 Å². The summed E-state index contributed by atoms with van der Waals surface area (Å²) < 4.78 is 0. The molecule has 0 unspecified atom stereocenters. The van der Waals surface area contributed by atoms with Gasteiger partial charge >= 0.3 is 0 Å². The van der Waals surface area contributed by atoms with Gasteiger partial charge in [0.25, 0.3) is 0 Å². The van der Waals surface area contributed by atoms with Crippen molar-refractivity contribution in [3.63, 3.8) is 0 Å². The van der Waals surface area contributed by atoms with Gasteiger partial charge in [-0.1, -0.05) is 39.0 Å². The maximum atomic E-state index is 12.1. The Hall–Kier alpha value is -1.63. The van der Waals surface area contributed by atoms with Gasteiger partial charge in [-0.25, -0.2) is 4.98 Å². The molecule has 0 radical (unpaired) electrons. The van der Waals surface area contributed by atoms with Crippen molar-refractivity contribution in [2.75, 3.05) is 12.3 Å². The van der Waals surface area contributed by atoms with Crippen molar-refractivity contribution >= 4 is 28.3 Å². The molecule has 140 valence electrons. The van der Waals surface area contributed by atoms with E-state index in [0.29, 0.717) is 29.9 Å². The van der Waals surface area contributed by atoms with Crippen LogP contribution in [0.2, 0.25) is 0 Å². The van der Waals surface area contributed by atoms with Crippen molar-refractivity contribution in [2.45, 2.75) is 65.2 Å². The molecular weight excluding hydrogens is 334 g/mol. The molecule has 1 fully saturated rings. The molecule has 1 heterocycles. The molecule has 7 heteroatoms. The number of amides is 1. The topological polar surface area (TPSA) is 106 Å². The standard InChI is InChI=1S/C18H31N5OS/c1-12(14-7-4-3-5-8-14)11-16(24)23-17(19)21-10-6-9-15-13(2)22-18(20)25-15/h12,14H,3-11H2,1-2H3,(H2,20,22)(H3,19,21,23,24)/t12-/m0/s1. The number of nitrogens with one attached hydrogen (secondary N) is 1. The summed E-state index contributed by atoms with van der Waals surface area (Å²) in [7, 11) is 0. The molecule has 1 amide bonds. The van der Waals surface area contributed by atoms with Crippen LogP contribution in [0.5, 0.6) is 0 Å². The average molecular weight is 366 g/mol. The maximum absolute atomic E-state index is 12.1. The average Bonchev–Trinajstić information content (AvgIpc) is 2.89. The summed E-state index contributed by atoms with van der Waals surface area (Å²) in [5, 5.41) is 3.33. The second-order valence-corrected chi connectivity index (χ2v) is 8.17. The molecule has 1 atom stereocenters. The zero-order valence-corrected chi connectivity index (χ0v) is 16.2. The number of rotatable bonds is 7. The van der Waals surface area contributed by atoms with Gasteiger partial charge in [0.15, 0.2) is 11.1 Å². The van der Waals surface area contributed by atoms with Crippen LogP contribution < -0.4 is 16.8 Å². The first kappa shape index (κ1) is 19.7. The number of aromatic nitrogens is 1. The molecule has 1 aliphatic carbocycles. The van der Waals surface area contributed by atoms with Gasteiger partial charge in [-0.2, -0.15) is 0 Å². The van der Waals surface area contributed by atoms with E-state index in [1.165, 1.54) is 48.3 Å². The first-order chi connectivity index (χ1) is 12.0. The van der Waals surface area contributed by atoms with Crippen LogP contribution in [0, 0.1) is 18.8 Å². The van der Waals surface area contributed by atoms with E-state index in [0.717, 1.165) is 18.5 Å². The third kappa shape index (κ3) is 6.65. The minimum absolute atomic E-state index is 0.0228. The molecule has 0 spiro atoms. The first-order valence-corrected chi connectivity index (χ1v) is 10.1. The minimum Gasteiger partial charge on any atom is -0.375 e. The smallest absolute Gasteiger partial charge is 0.226 e. The number of hydrogen-bond donors (Lipinski definition) is 3. The lowest BCUT2D eigenvalue weighted by molar-refractivity contribution is -0.121. The van der Waals surface area contributed by atoms with Gasteiger partial charge in [-0.3, -0.25) is 15.1 Å². The zero-order valence-electron chi connectivity index (χ0n) is 15.4. The number of nitrogens with two attached hydrogens (primary N) is 2. The monoisotopic (exact) mass is 365 g/mol. The number of thiazole rings is 1. The quantitative estimate of drug-likeness (QED) is 0.392. The highest BCUT2D eigenvalue weighted by Gasteiger charge is 2.22. The van der Waals surface area contributed by atoms with Crippen molar-refractivity contribution in [1.29, 1.82) is 0 Å². The Bertz CT molecular complexity index is 592. The van der Waals surface area contributed by atoms with E-state index in [1.807, 2.05) is 6.92 Å². The van der Waals surface area contributed by atoms with Crippen LogP contribution in [0.15, 0.2) is 4.99 Å². The number of anilines is 1. The maximum Gasteiger partial charge on any atom is 0.226 e. The lowest BCUT2D eigenvalue weighted by Crippen LogP contribution is -2.38. The van der Waals surface area contributed by atoms with Crippen LogP contribution in [0.1, 0.15) is 62.4 Å². The summed E-state index contributed by atoms with van der Waals surface area (Å²) in [5.41, 5.74) is 12.5. The summed E-state index contributed by atoms with van der Waals surface area (Å²) in [6.07, 6.45) is 8.69. The van der Waals surface area contributed by atoms with Gasteiger partial charge in [0.05, 0.1) is 5.69 Å². The summed E-state index contributed by atoms with van der Waals surface area (Å²) in [6.45, 7) is 4.72. The Morgan fingerprint density at radius 3 is 2.76 bits per heavy atom. The number of nitrogen functional groups attached to an aromatic ring is 1. The van der Waals surface area contributed by atoms with Crippen LogP contribution in [0.3, 0.4) is 0 Å². The van der Waals surface area contributed by atoms with Gasteiger partial charge in [0.1, 0.15) is 0 Å². The number of carbonyl (C=O) groups is 1. The fourth-order valence-electron chi connectivity index (χ4n) is 3.52. The lowest BCUT2D eigenvalue weighted by atomic mass is 9.79. The van der Waals surface area contributed by atoms with Crippen molar-refractivity contribution in [2.24, 2.45) is 22.6 Å². The van der Waals surface area contributed by atoms with E-state index in [9.17, 15) is 4.79 Å². The third-order valence-corrected chi connectivity index (χ3v) is 6.03. The number of carbonyl (C=O) groups excluding carboxylic acids is 1. The first-order valence-electron chi connectivity index (χ1n) is 9.27. The molecule has 1 aliphatic rings. The van der Waals surface area contributed by atoms with Gasteiger partial charge in [-0.15, -0.1) is 11.3 Å². The van der Waals surface area contributed by atoms with Gasteiger partial charge in [-0.05, 0) is 31.6 Å². The van der Waals surface area contributed by atoms with Gasteiger partial charge in [0.2, 0.25) is 5.91 Å². The minimum atomic E-state index is -0.0228. The highest BCUT2D eigenvalue weighted by molar-refractivity contribution is 7.15. The molecule has 5 N–H and O–H groups in total. The van der Waals surface area contributed by atoms with Crippen LogP contribution in [0.4, 0.5) is 5.13 Å². The zero-order chi connectivity index (χ0) is 18.2. The second kappa shape index (κ2) is 9.75. The predicted octanol–water partition coefficient (Wildman–Crippen LogP) is 3.00. The second-order valence-electron chi connectivity index (χ2n) is 7.06. The molecule has 0 saturated heterocycles. The molecule has 25 heavy (non-hydrogen) atoms. The molecular formula is C18H31N5OS. The number of aliphatic imine (C=N–C) groups is 1. The summed E-state index contributed by atoms with van der Waals surface area (Å²) >= 11 is 1.52. The van der Waals surface area contributed by atoms with E-state index in [2.05, 4.69) is 22.2 Å². The lowest BCUT2D eigenvalue weighted by Gasteiger charge is -2.27. The summed E-state index contributed by atoms with van der Waals surface area (Å²) in [5.74, 6) is 1.28. The van der Waals surface area contributed by atoms with E-state index >= 15 is 0 Å². The molecule has 1 saturated carbocycles. The van der Waals surface area contributed by atoms with Crippen LogP contribution >= 0.6 is 11.3 Å². The fraction of sp³-hybridized carbons (Fsp3) is 0.722. The van der Waals surface area contributed by atoms with Crippen molar-refractivity contribution < 1.29 is 4.79 Å². The Balaban J connectivity index is 1.67. The molecule has 1 aromatic rings. The number of aryl methyl sites for hydroxylation is 2. The molecule has 0 aliphatic heterocycles. The Morgan fingerprint density at radius 1 is 1.40 bits per heavy atom. The van der Waals surface area contributed by atoms with Crippen molar-refractivity contribution in [1.82, 2.24) is 10.3 Å². The molecule has 2 rings (SSSR count). The highest BCUT2D eigenvalue weighted by Crippen LogP contribution is 2.31. The van der Waals surface area contributed by atoms with E-state index in [1.54, 1.807) is 0 Å². The summed E-state index contributed by atoms with van der Waals surface area (Å²) in [4.78, 5) is 21.8. The number of guanidine groups is 1. The SMILES string of the molecule is Cc1nc(N)sc1CCCN=C(N)NC(=O)C[C@H](C)C1CCCCC1. The Morgan fingerprint density at radius 2 is 2.12 bits per heavy atom. The Kier molecular flexibility index (Phi) is 7.68. The highest BCUT2D eigenvalue weighted by atomic mass is 32.1. The summed E-state index contributed by atoms with van der Waals surface area (Å²) in [6, 6.07) is 0. The normalized spacial score (nSPS) is 17.4. The molecule has 0 bridgehead atoms. The largest absolute Gasteiger partial charge is 0.375 e. The van der Waals surface area contributed by atoms with Crippen molar-refractivity contribution in [3.05, 3.63) is 10.6 Å². The molecule has 0 aromatic carbocycles. The molecule has 1 aromatic heterocycles. The van der Waals surface area contributed by atoms with E-state index < -0.39 is 0 Å². The van der Waals surface area contributed by atoms with Gasteiger partial charge < -0.3 is 11.5 Å². The predicted molar refractivity (Wildman–Crippen MR) is 105 cm³/mol.